The molecule has 0 aliphatic rings. The Bertz CT molecular complexity index is 802. The van der Waals surface area contributed by atoms with Crippen molar-refractivity contribution in [3.05, 3.63) is 71.0 Å². The SMILES string of the molecule is N#Cc1ccc(F)c(C#CCCNC(=O)OCc2ccccc2)c1. The van der Waals surface area contributed by atoms with Crippen LogP contribution >= 0.6 is 0 Å². The predicted octanol–water partition coefficient (Wildman–Crippen LogP) is 3.37. The van der Waals surface area contributed by atoms with Crippen LogP contribution in [-0.2, 0) is 11.3 Å². The van der Waals surface area contributed by atoms with Crippen LogP contribution in [0.5, 0.6) is 0 Å². The second-order valence-electron chi connectivity index (χ2n) is 4.85. The van der Waals surface area contributed by atoms with Crippen LogP contribution in [0.15, 0.2) is 48.5 Å². The number of carbonyl (C=O) groups is 1. The molecule has 0 heterocycles. The molecule has 0 aliphatic carbocycles. The van der Waals surface area contributed by atoms with Crippen molar-refractivity contribution in [1.29, 1.82) is 5.26 Å². The van der Waals surface area contributed by atoms with Crippen molar-refractivity contribution < 1.29 is 13.9 Å². The van der Waals surface area contributed by atoms with Gasteiger partial charge in [-0.1, -0.05) is 42.2 Å². The van der Waals surface area contributed by atoms with Crippen molar-refractivity contribution in [2.24, 2.45) is 0 Å². The van der Waals surface area contributed by atoms with E-state index in [-0.39, 0.29) is 12.2 Å². The maximum absolute atomic E-state index is 13.5. The molecule has 1 N–H and O–H groups in total. The number of nitriles is 1. The quantitative estimate of drug-likeness (QED) is 0.693. The Labute approximate surface area is 139 Å². The number of rotatable bonds is 4. The standard InChI is InChI=1S/C19H15FN2O2/c20-18-10-9-16(13-21)12-17(18)8-4-5-11-22-19(23)24-14-15-6-2-1-3-7-15/h1-3,6-7,9-10,12H,5,11,14H2,(H,22,23). The van der Waals surface area contributed by atoms with Crippen LogP contribution in [0.4, 0.5) is 9.18 Å². The van der Waals surface area contributed by atoms with Gasteiger partial charge >= 0.3 is 6.09 Å². The Balaban J connectivity index is 1.73. The van der Waals surface area contributed by atoms with E-state index in [2.05, 4.69) is 17.2 Å². The Morgan fingerprint density at radius 1 is 1.21 bits per heavy atom. The normalized spacial score (nSPS) is 9.33. The molecular weight excluding hydrogens is 307 g/mol. The van der Waals surface area contributed by atoms with E-state index in [4.69, 9.17) is 10.00 Å². The average molecular weight is 322 g/mol. The third-order valence-corrected chi connectivity index (χ3v) is 3.05. The summed E-state index contributed by atoms with van der Waals surface area (Å²) in [5.41, 5.74) is 1.42. The predicted molar refractivity (Wildman–Crippen MR) is 87.2 cm³/mol. The van der Waals surface area contributed by atoms with E-state index in [1.807, 2.05) is 36.4 Å². The third-order valence-electron chi connectivity index (χ3n) is 3.05. The van der Waals surface area contributed by atoms with Gasteiger partial charge in [-0.3, -0.25) is 0 Å². The lowest BCUT2D eigenvalue weighted by Gasteiger charge is -2.05. The van der Waals surface area contributed by atoms with Gasteiger partial charge in [0.1, 0.15) is 12.4 Å². The molecule has 0 saturated carbocycles. The summed E-state index contributed by atoms with van der Waals surface area (Å²) < 4.78 is 18.6. The first-order valence-corrected chi connectivity index (χ1v) is 7.32. The highest BCUT2D eigenvalue weighted by molar-refractivity contribution is 5.67. The van der Waals surface area contributed by atoms with Crippen LogP contribution in [0.3, 0.4) is 0 Å². The third kappa shape index (κ3) is 5.47. The number of halogens is 1. The largest absolute Gasteiger partial charge is 0.445 e. The van der Waals surface area contributed by atoms with Crippen molar-refractivity contribution >= 4 is 6.09 Å². The Morgan fingerprint density at radius 3 is 2.75 bits per heavy atom. The molecule has 2 rings (SSSR count). The van der Waals surface area contributed by atoms with E-state index in [0.29, 0.717) is 18.5 Å². The van der Waals surface area contributed by atoms with Crippen molar-refractivity contribution in [3.8, 4) is 17.9 Å². The van der Waals surface area contributed by atoms with Gasteiger partial charge in [-0.25, -0.2) is 9.18 Å². The first-order valence-electron chi connectivity index (χ1n) is 7.32. The number of alkyl carbamates (subject to hydrolysis) is 1. The first kappa shape index (κ1) is 17.1. The fourth-order valence-electron chi connectivity index (χ4n) is 1.85. The van der Waals surface area contributed by atoms with Gasteiger partial charge < -0.3 is 10.1 Å². The molecule has 0 aliphatic heterocycles. The summed E-state index contributed by atoms with van der Waals surface area (Å²) in [7, 11) is 0. The molecule has 0 spiro atoms. The number of amides is 1. The maximum atomic E-state index is 13.5. The van der Waals surface area contributed by atoms with Gasteiger partial charge in [-0.15, -0.1) is 0 Å². The molecule has 5 heteroatoms. The number of nitrogens with one attached hydrogen (secondary N) is 1. The number of nitrogens with zero attached hydrogens (tertiary/aromatic N) is 1. The minimum atomic E-state index is -0.529. The summed E-state index contributed by atoms with van der Waals surface area (Å²) in [5.74, 6) is 4.93. The van der Waals surface area contributed by atoms with Crippen LogP contribution < -0.4 is 5.32 Å². The van der Waals surface area contributed by atoms with Crippen molar-refractivity contribution in [2.45, 2.75) is 13.0 Å². The highest BCUT2D eigenvalue weighted by Crippen LogP contribution is 2.08. The molecule has 2 aromatic carbocycles. The smallest absolute Gasteiger partial charge is 0.407 e. The molecule has 0 unspecified atom stereocenters. The van der Waals surface area contributed by atoms with Gasteiger partial charge in [-0.05, 0) is 23.8 Å². The zero-order valence-corrected chi connectivity index (χ0v) is 12.9. The summed E-state index contributed by atoms with van der Waals surface area (Å²) >= 11 is 0. The van der Waals surface area contributed by atoms with Crippen LogP contribution in [0, 0.1) is 29.0 Å². The molecule has 24 heavy (non-hydrogen) atoms. The topological polar surface area (TPSA) is 62.1 Å². The summed E-state index contributed by atoms with van der Waals surface area (Å²) in [6.45, 7) is 0.491. The van der Waals surface area contributed by atoms with E-state index >= 15 is 0 Å². The van der Waals surface area contributed by atoms with Crippen LogP contribution in [0.2, 0.25) is 0 Å². The maximum Gasteiger partial charge on any atom is 0.407 e. The summed E-state index contributed by atoms with van der Waals surface area (Å²) in [6, 6.07) is 15.3. The zero-order chi connectivity index (χ0) is 17.2. The number of carbonyl (C=O) groups excluding carboxylic acids is 1. The Morgan fingerprint density at radius 2 is 2.00 bits per heavy atom. The molecule has 0 aromatic heterocycles. The number of hydrogen-bond acceptors (Lipinski definition) is 3. The molecule has 120 valence electrons. The van der Waals surface area contributed by atoms with E-state index in [0.717, 1.165) is 5.56 Å². The summed E-state index contributed by atoms with van der Waals surface area (Å²) in [5, 5.41) is 11.3. The molecule has 1 amide bonds. The molecule has 0 radical (unpaired) electrons. The van der Waals surface area contributed by atoms with E-state index in [9.17, 15) is 9.18 Å². The Kier molecular flexibility index (Phi) is 6.37. The highest BCUT2D eigenvalue weighted by atomic mass is 19.1. The average Bonchev–Trinajstić information content (AvgIpc) is 2.62. The van der Waals surface area contributed by atoms with Gasteiger partial charge in [0.15, 0.2) is 0 Å². The highest BCUT2D eigenvalue weighted by Gasteiger charge is 2.02. The number of hydrogen-bond donors (Lipinski definition) is 1. The monoisotopic (exact) mass is 322 g/mol. The van der Waals surface area contributed by atoms with Gasteiger partial charge in [0.05, 0.1) is 17.2 Å². The van der Waals surface area contributed by atoms with Crippen molar-refractivity contribution in [2.75, 3.05) is 6.54 Å². The first-order chi connectivity index (χ1) is 11.7. The van der Waals surface area contributed by atoms with Crippen LogP contribution in [0.1, 0.15) is 23.1 Å². The fourth-order valence-corrected chi connectivity index (χ4v) is 1.85. The van der Waals surface area contributed by atoms with Crippen LogP contribution in [-0.4, -0.2) is 12.6 Å². The second-order valence-corrected chi connectivity index (χ2v) is 4.85. The lowest BCUT2D eigenvalue weighted by atomic mass is 10.1. The lowest BCUT2D eigenvalue weighted by Crippen LogP contribution is -2.24. The molecule has 0 bridgehead atoms. The summed E-state index contributed by atoms with van der Waals surface area (Å²) in [6.07, 6.45) is -0.185. The van der Waals surface area contributed by atoms with E-state index in [1.165, 1.54) is 18.2 Å². The van der Waals surface area contributed by atoms with Crippen molar-refractivity contribution in [3.63, 3.8) is 0 Å². The van der Waals surface area contributed by atoms with Gasteiger partial charge in [0, 0.05) is 13.0 Å². The molecule has 0 saturated heterocycles. The molecule has 0 fully saturated rings. The zero-order valence-electron chi connectivity index (χ0n) is 12.9. The fraction of sp³-hybridized carbons (Fsp3) is 0.158. The van der Waals surface area contributed by atoms with E-state index in [1.54, 1.807) is 0 Å². The molecule has 0 atom stereocenters. The second kappa shape index (κ2) is 8.97. The lowest BCUT2D eigenvalue weighted by molar-refractivity contribution is 0.140. The number of ether oxygens (including phenoxy) is 1. The molecule has 2 aromatic rings. The van der Waals surface area contributed by atoms with Crippen molar-refractivity contribution in [1.82, 2.24) is 5.32 Å². The molecule has 4 nitrogen and oxygen atoms in total. The van der Waals surface area contributed by atoms with Gasteiger partial charge in [0.25, 0.3) is 0 Å². The van der Waals surface area contributed by atoms with Crippen LogP contribution in [0.25, 0.3) is 0 Å². The summed E-state index contributed by atoms with van der Waals surface area (Å²) in [4.78, 5) is 11.5. The Hall–Kier alpha value is -3.31. The van der Waals surface area contributed by atoms with Gasteiger partial charge in [0.2, 0.25) is 0 Å². The number of benzene rings is 2. The van der Waals surface area contributed by atoms with E-state index < -0.39 is 11.9 Å². The molecular formula is C19H15FN2O2. The minimum absolute atomic E-state index is 0.167. The minimum Gasteiger partial charge on any atom is -0.445 e. The van der Waals surface area contributed by atoms with Gasteiger partial charge in [-0.2, -0.15) is 5.26 Å².